The maximum atomic E-state index is 13.2. The number of nitrogens with zero attached hydrogens (tertiary/aromatic N) is 2. The maximum Gasteiger partial charge on any atom is 0.312 e. The lowest BCUT2D eigenvalue weighted by molar-refractivity contribution is -0.176. The fraction of sp³-hybridized carbons (Fsp3) is 0.520. The summed E-state index contributed by atoms with van der Waals surface area (Å²) in [7, 11) is 0. The van der Waals surface area contributed by atoms with Crippen molar-refractivity contribution in [2.75, 3.05) is 11.9 Å². The number of ether oxygens (including phenoxy) is 1. The molecule has 1 aromatic heterocycles. The van der Waals surface area contributed by atoms with E-state index in [0.717, 1.165) is 43.5 Å². The number of para-hydroxylation sites is 1. The van der Waals surface area contributed by atoms with Crippen molar-refractivity contribution in [2.45, 2.75) is 57.9 Å². The Balaban J connectivity index is 1.25. The summed E-state index contributed by atoms with van der Waals surface area (Å²) < 4.78 is 7.23. The van der Waals surface area contributed by atoms with E-state index in [-0.39, 0.29) is 24.0 Å². The molecule has 0 spiro atoms. The van der Waals surface area contributed by atoms with Crippen LogP contribution in [0, 0.1) is 24.2 Å². The summed E-state index contributed by atoms with van der Waals surface area (Å²) in [5.41, 5.74) is 0.685. The highest BCUT2D eigenvalue weighted by molar-refractivity contribution is 5.93. The van der Waals surface area contributed by atoms with E-state index in [9.17, 15) is 14.4 Å². The summed E-state index contributed by atoms with van der Waals surface area (Å²) in [6.07, 6.45) is 5.14. The van der Waals surface area contributed by atoms with Crippen molar-refractivity contribution in [2.24, 2.45) is 17.3 Å². The summed E-state index contributed by atoms with van der Waals surface area (Å²) >= 11 is 0. The molecule has 1 aromatic carbocycles. The Bertz CT molecular complexity index is 1080. The molecule has 4 aliphatic rings. The zero-order valence-electron chi connectivity index (χ0n) is 19.1. The molecule has 4 aliphatic carbocycles. The van der Waals surface area contributed by atoms with E-state index in [1.807, 2.05) is 37.3 Å². The van der Waals surface area contributed by atoms with Crippen molar-refractivity contribution in [3.63, 3.8) is 0 Å². The molecule has 0 aliphatic heterocycles. The number of nitrogens with one attached hydrogen (secondary N) is 2. The Morgan fingerprint density at radius 3 is 2.48 bits per heavy atom. The summed E-state index contributed by atoms with van der Waals surface area (Å²) in [5, 5.41) is 10.4. The molecule has 4 atom stereocenters. The van der Waals surface area contributed by atoms with E-state index in [1.165, 1.54) is 6.92 Å². The number of anilines is 1. The van der Waals surface area contributed by atoms with Gasteiger partial charge in [0, 0.05) is 18.5 Å². The number of benzene rings is 1. The highest BCUT2D eigenvalue weighted by Gasteiger charge is 2.61. The summed E-state index contributed by atoms with van der Waals surface area (Å²) in [4.78, 5) is 37.7. The smallest absolute Gasteiger partial charge is 0.312 e. The quantitative estimate of drug-likeness (QED) is 0.659. The zero-order valence-corrected chi connectivity index (χ0v) is 19.1. The molecule has 6 rings (SSSR count). The lowest BCUT2D eigenvalue weighted by atomic mass is 9.47. The van der Waals surface area contributed by atoms with E-state index < -0.39 is 11.3 Å². The predicted octanol–water partition coefficient (Wildman–Crippen LogP) is 3.14. The van der Waals surface area contributed by atoms with Gasteiger partial charge in [0.25, 0.3) is 5.91 Å². The van der Waals surface area contributed by atoms with Crippen LogP contribution in [0.3, 0.4) is 0 Å². The van der Waals surface area contributed by atoms with E-state index in [1.54, 1.807) is 10.7 Å². The minimum absolute atomic E-state index is 0.0508. The Hall–Kier alpha value is -3.16. The van der Waals surface area contributed by atoms with Gasteiger partial charge in [0.15, 0.2) is 6.61 Å². The number of rotatable bonds is 6. The van der Waals surface area contributed by atoms with Gasteiger partial charge in [-0.15, -0.1) is 0 Å². The molecule has 1 heterocycles. The van der Waals surface area contributed by atoms with Crippen LogP contribution in [0.2, 0.25) is 0 Å². The minimum atomic E-state index is -0.602. The summed E-state index contributed by atoms with van der Waals surface area (Å²) in [6.45, 7) is 3.05. The number of hydrogen-bond donors (Lipinski definition) is 2. The molecule has 8 nitrogen and oxygen atoms in total. The van der Waals surface area contributed by atoms with Gasteiger partial charge in [0.1, 0.15) is 5.82 Å². The average Bonchev–Trinajstić information content (AvgIpc) is 3.10. The third-order valence-corrected chi connectivity index (χ3v) is 7.37. The Morgan fingerprint density at radius 1 is 1.12 bits per heavy atom. The van der Waals surface area contributed by atoms with Gasteiger partial charge in [-0.2, -0.15) is 5.10 Å². The lowest BCUT2D eigenvalue weighted by Crippen LogP contribution is -2.64. The van der Waals surface area contributed by atoms with Crippen molar-refractivity contribution in [3.05, 3.63) is 42.1 Å². The van der Waals surface area contributed by atoms with Gasteiger partial charge in [0.05, 0.1) is 16.8 Å². The zero-order chi connectivity index (χ0) is 23.2. The molecule has 4 bridgehead atoms. The number of aryl methyl sites for hydroxylation is 1. The van der Waals surface area contributed by atoms with Crippen LogP contribution in [-0.4, -0.2) is 39.7 Å². The van der Waals surface area contributed by atoms with Gasteiger partial charge in [-0.1, -0.05) is 18.2 Å². The first-order chi connectivity index (χ1) is 15.8. The maximum absolute atomic E-state index is 13.2. The standard InChI is InChI=1S/C25H30N4O4/c1-16-8-21(29(28-16)20-6-4-3-5-7-20)26-22(31)14-33-23(32)24-10-18-9-19(11-24)13-25(12-18,15-24)27-17(2)30/h3-8,18-19H,9-15H2,1-2H3,(H,26,31)(H,27,30)/t18-,19+,24?,25?. The first-order valence-corrected chi connectivity index (χ1v) is 11.6. The lowest BCUT2D eigenvalue weighted by Gasteiger charge is -2.60. The summed E-state index contributed by atoms with van der Waals surface area (Å²) in [6, 6.07) is 11.3. The molecular weight excluding hydrogens is 420 g/mol. The monoisotopic (exact) mass is 450 g/mol. The van der Waals surface area contributed by atoms with Crippen LogP contribution in [0.15, 0.2) is 36.4 Å². The second-order valence-corrected chi connectivity index (χ2v) is 10.2. The van der Waals surface area contributed by atoms with Gasteiger partial charge in [-0.25, -0.2) is 4.68 Å². The molecule has 4 saturated carbocycles. The van der Waals surface area contributed by atoms with Gasteiger partial charge in [-0.3, -0.25) is 14.4 Å². The van der Waals surface area contributed by atoms with Crippen LogP contribution in [0.4, 0.5) is 5.82 Å². The molecule has 2 unspecified atom stereocenters. The van der Waals surface area contributed by atoms with E-state index in [2.05, 4.69) is 15.7 Å². The first kappa shape index (κ1) is 21.7. The Labute approximate surface area is 193 Å². The fourth-order valence-electron chi connectivity index (χ4n) is 6.84. The topological polar surface area (TPSA) is 102 Å². The van der Waals surface area contributed by atoms with Gasteiger partial charge in [0.2, 0.25) is 5.91 Å². The Morgan fingerprint density at radius 2 is 1.82 bits per heavy atom. The van der Waals surface area contributed by atoms with Crippen molar-refractivity contribution >= 4 is 23.6 Å². The minimum Gasteiger partial charge on any atom is -0.455 e. The number of carbonyl (C=O) groups excluding carboxylic acids is 3. The van der Waals surface area contributed by atoms with Crippen LogP contribution in [0.5, 0.6) is 0 Å². The van der Waals surface area contributed by atoms with Crippen molar-refractivity contribution in [3.8, 4) is 5.69 Å². The van der Waals surface area contributed by atoms with Crippen molar-refractivity contribution < 1.29 is 19.1 Å². The van der Waals surface area contributed by atoms with Crippen LogP contribution >= 0.6 is 0 Å². The number of aromatic nitrogens is 2. The molecule has 174 valence electrons. The van der Waals surface area contributed by atoms with Crippen LogP contribution in [0.25, 0.3) is 5.69 Å². The van der Waals surface area contributed by atoms with Crippen LogP contribution in [-0.2, 0) is 19.1 Å². The number of amides is 2. The van der Waals surface area contributed by atoms with E-state index in [4.69, 9.17) is 4.74 Å². The Kier molecular flexibility index (Phi) is 5.26. The van der Waals surface area contributed by atoms with Gasteiger partial charge in [-0.05, 0) is 69.4 Å². The molecule has 4 fully saturated rings. The van der Waals surface area contributed by atoms with Crippen LogP contribution < -0.4 is 10.6 Å². The van der Waals surface area contributed by atoms with Gasteiger partial charge >= 0.3 is 5.97 Å². The second kappa shape index (κ2) is 8.01. The third-order valence-electron chi connectivity index (χ3n) is 7.37. The molecule has 2 amide bonds. The highest BCUT2D eigenvalue weighted by Crippen LogP contribution is 2.62. The second-order valence-electron chi connectivity index (χ2n) is 10.2. The van der Waals surface area contributed by atoms with E-state index >= 15 is 0 Å². The molecule has 0 radical (unpaired) electrons. The van der Waals surface area contributed by atoms with E-state index in [0.29, 0.717) is 24.1 Å². The molecule has 2 aromatic rings. The first-order valence-electron chi connectivity index (χ1n) is 11.6. The number of carbonyl (C=O) groups is 3. The largest absolute Gasteiger partial charge is 0.455 e. The van der Waals surface area contributed by atoms with Gasteiger partial charge < -0.3 is 15.4 Å². The number of hydrogen-bond acceptors (Lipinski definition) is 5. The normalized spacial score (nSPS) is 29.5. The summed E-state index contributed by atoms with van der Waals surface area (Å²) in [5.74, 6) is 0.602. The third kappa shape index (κ3) is 4.14. The average molecular weight is 451 g/mol. The van der Waals surface area contributed by atoms with Crippen LogP contribution in [0.1, 0.15) is 51.1 Å². The number of esters is 1. The molecule has 8 heteroatoms. The highest BCUT2D eigenvalue weighted by atomic mass is 16.5. The van der Waals surface area contributed by atoms with Crippen molar-refractivity contribution in [1.82, 2.24) is 15.1 Å². The molecule has 33 heavy (non-hydrogen) atoms. The fourth-order valence-corrected chi connectivity index (χ4v) is 6.84. The SMILES string of the molecule is CC(=O)NC12C[C@H]3C[C@@H](C1)CC(C(=O)OCC(=O)Nc1cc(C)nn1-c1ccccc1)(C3)C2. The molecule has 0 saturated heterocycles. The molecular formula is C25H30N4O4. The van der Waals surface area contributed by atoms with Crippen molar-refractivity contribution in [1.29, 1.82) is 0 Å². The predicted molar refractivity (Wildman–Crippen MR) is 122 cm³/mol. The molecule has 2 N–H and O–H groups in total.